The molecule has 0 atom stereocenters. The summed E-state index contributed by atoms with van der Waals surface area (Å²) in [7, 11) is -9.02. The van der Waals surface area contributed by atoms with Crippen LogP contribution in [0.2, 0.25) is 0 Å². The molecule has 180 valence electrons. The molecule has 1 heterocycles. The third kappa shape index (κ3) is 6.23. The summed E-state index contributed by atoms with van der Waals surface area (Å²) >= 11 is 0. The summed E-state index contributed by atoms with van der Waals surface area (Å²) in [5.74, 6) is 0. The number of rotatable bonds is 5. The molecular weight excluding hydrogens is 536 g/mol. The van der Waals surface area contributed by atoms with Gasteiger partial charge < -0.3 is 0 Å². The van der Waals surface area contributed by atoms with E-state index in [4.69, 9.17) is 0 Å². The van der Waals surface area contributed by atoms with Gasteiger partial charge in [0.1, 0.15) is 20.8 Å². The van der Waals surface area contributed by atoms with Gasteiger partial charge in [-0.05, 0) is 35.4 Å². The van der Waals surface area contributed by atoms with Gasteiger partial charge in [0, 0.05) is 10.8 Å². The topological polar surface area (TPSA) is 139 Å². The second-order valence-corrected chi connectivity index (χ2v) is 10.5. The monoisotopic (exact) mass is 555 g/mol. The molecule has 0 bridgehead atoms. The van der Waals surface area contributed by atoms with Crippen molar-refractivity contribution < 1.29 is 25.9 Å². The third-order valence-electron chi connectivity index (χ3n) is 5.41. The molecule has 0 aliphatic heterocycles. The number of hydrogen-bond donors (Lipinski definition) is 2. The summed E-state index contributed by atoms with van der Waals surface area (Å²) in [4.78, 5) is 0.626. The first-order valence-corrected chi connectivity index (χ1v) is 13.1. The van der Waals surface area contributed by atoms with Gasteiger partial charge in [0.15, 0.2) is 0 Å². The van der Waals surface area contributed by atoms with Crippen molar-refractivity contribution in [2.45, 2.75) is 9.79 Å². The number of hydrogen-bond acceptors (Lipinski definition) is 6. The molecule has 0 aliphatic rings. The molecule has 2 N–H and O–H groups in total. The fourth-order valence-corrected chi connectivity index (χ4v) is 5.22. The van der Waals surface area contributed by atoms with Gasteiger partial charge in [0.2, 0.25) is 0 Å². The molecule has 0 radical (unpaired) electrons. The van der Waals surface area contributed by atoms with E-state index in [0.29, 0.717) is 16.4 Å². The molecule has 0 spiro atoms. The number of fused-ring (bicyclic) bond motifs is 3. The van der Waals surface area contributed by atoms with Crippen LogP contribution in [-0.4, -0.2) is 100 Å². The summed E-state index contributed by atoms with van der Waals surface area (Å²) in [5.41, 5.74) is 2.18. The molecule has 13 heteroatoms. The Kier molecular flexibility index (Phi) is 9.18. The van der Waals surface area contributed by atoms with Crippen molar-refractivity contribution in [1.82, 2.24) is 15.0 Å². The van der Waals surface area contributed by atoms with Gasteiger partial charge in [-0.15, -0.1) is 10.2 Å². The molecule has 4 aromatic carbocycles. The fourth-order valence-electron chi connectivity index (χ4n) is 3.81. The van der Waals surface area contributed by atoms with Crippen LogP contribution in [0.5, 0.6) is 0 Å². The first kappa shape index (κ1) is 29.7. The summed E-state index contributed by atoms with van der Waals surface area (Å²) in [6, 6.07) is 21.1. The maximum absolute atomic E-state index is 12.1. The zero-order valence-electron chi connectivity index (χ0n) is 17.8. The molecule has 0 aliphatic carbocycles. The SMILES string of the molecule is O=S(=O)(O)c1cc(-n2nc3ccc4c(S(=O)(=O)O)cccc4c3n2)ccc1C=Cc1ccccc1.[NaH].[NaH]. The number of aromatic nitrogens is 3. The first-order valence-electron chi connectivity index (χ1n) is 10.2. The molecule has 5 rings (SSSR count). The molecule has 0 fully saturated rings. The Morgan fingerprint density at radius 3 is 2.05 bits per heavy atom. The second-order valence-electron chi connectivity index (χ2n) is 7.69. The van der Waals surface area contributed by atoms with Crippen LogP contribution in [0.25, 0.3) is 39.6 Å². The summed E-state index contributed by atoms with van der Waals surface area (Å²) < 4.78 is 67.1. The molecular formula is C24H19N3Na2O6S2. The minimum atomic E-state index is -4.57. The van der Waals surface area contributed by atoms with Crippen LogP contribution in [0.3, 0.4) is 0 Å². The Hall–Kier alpha value is -1.90. The molecule has 0 saturated heterocycles. The maximum atomic E-state index is 12.1. The van der Waals surface area contributed by atoms with E-state index in [1.807, 2.05) is 30.3 Å². The standard InChI is InChI=1S/C24H17N3O6S2.2Na.2H/c28-34(29,30)22-8-4-7-20-19(22)13-14-21-24(20)26-27(25-21)18-12-11-17(23(15-18)35(31,32)33)10-9-16-5-2-1-3-6-16;;;;/h1-15H,(H,28,29,30)(H,31,32,33);;;;. The van der Waals surface area contributed by atoms with Crippen LogP contribution in [-0.2, 0) is 20.2 Å². The van der Waals surface area contributed by atoms with E-state index >= 15 is 0 Å². The average molecular weight is 556 g/mol. The Morgan fingerprint density at radius 2 is 1.38 bits per heavy atom. The number of benzene rings is 4. The second kappa shape index (κ2) is 11.5. The van der Waals surface area contributed by atoms with Crippen molar-refractivity contribution in [2.24, 2.45) is 0 Å². The van der Waals surface area contributed by atoms with Gasteiger partial charge in [-0.25, -0.2) is 0 Å². The van der Waals surface area contributed by atoms with Crippen molar-refractivity contribution in [3.63, 3.8) is 0 Å². The van der Waals surface area contributed by atoms with Gasteiger partial charge >= 0.3 is 59.1 Å². The van der Waals surface area contributed by atoms with Crippen molar-refractivity contribution in [1.29, 1.82) is 0 Å². The van der Waals surface area contributed by atoms with E-state index < -0.39 is 20.2 Å². The Labute approximate surface area is 257 Å². The van der Waals surface area contributed by atoms with Crippen molar-refractivity contribution >= 4 is 113 Å². The van der Waals surface area contributed by atoms with Gasteiger partial charge in [0.25, 0.3) is 20.2 Å². The van der Waals surface area contributed by atoms with E-state index in [1.54, 1.807) is 30.4 Å². The molecule has 1 aromatic heterocycles. The fraction of sp³-hybridized carbons (Fsp3) is 0. The van der Waals surface area contributed by atoms with Crippen LogP contribution in [0, 0.1) is 0 Å². The Morgan fingerprint density at radius 1 is 0.676 bits per heavy atom. The van der Waals surface area contributed by atoms with E-state index in [-0.39, 0.29) is 85.5 Å². The van der Waals surface area contributed by atoms with E-state index in [2.05, 4.69) is 10.2 Å². The van der Waals surface area contributed by atoms with Gasteiger partial charge in [0.05, 0.1) is 5.69 Å². The first-order chi connectivity index (χ1) is 16.6. The summed E-state index contributed by atoms with van der Waals surface area (Å²) in [5, 5.41) is 9.50. The van der Waals surface area contributed by atoms with Crippen LogP contribution >= 0.6 is 0 Å². The summed E-state index contributed by atoms with van der Waals surface area (Å²) in [6.07, 6.45) is 3.31. The van der Waals surface area contributed by atoms with E-state index in [0.717, 1.165) is 5.56 Å². The minimum absolute atomic E-state index is 0. The van der Waals surface area contributed by atoms with Crippen LogP contribution in [0.1, 0.15) is 11.1 Å². The predicted molar refractivity (Wildman–Crippen MR) is 146 cm³/mol. The molecule has 5 aromatic rings. The van der Waals surface area contributed by atoms with Crippen molar-refractivity contribution in [3.8, 4) is 5.69 Å². The number of nitrogens with zero attached hydrogens (tertiary/aromatic N) is 3. The summed E-state index contributed by atoms with van der Waals surface area (Å²) in [6.45, 7) is 0. The Bertz CT molecular complexity index is 1860. The van der Waals surface area contributed by atoms with Gasteiger partial charge in [-0.3, -0.25) is 9.11 Å². The van der Waals surface area contributed by atoms with Gasteiger partial charge in [-0.2, -0.15) is 21.6 Å². The van der Waals surface area contributed by atoms with Crippen LogP contribution in [0.4, 0.5) is 0 Å². The molecule has 37 heavy (non-hydrogen) atoms. The van der Waals surface area contributed by atoms with E-state index in [9.17, 15) is 25.9 Å². The molecule has 9 nitrogen and oxygen atoms in total. The predicted octanol–water partition coefficient (Wildman–Crippen LogP) is 2.94. The average Bonchev–Trinajstić information content (AvgIpc) is 3.27. The zero-order valence-corrected chi connectivity index (χ0v) is 19.5. The molecule has 0 unspecified atom stereocenters. The molecule has 0 saturated carbocycles. The van der Waals surface area contributed by atoms with Crippen molar-refractivity contribution in [3.05, 3.63) is 90.0 Å². The van der Waals surface area contributed by atoms with E-state index in [1.165, 1.54) is 35.1 Å². The molecule has 0 amide bonds. The quantitative estimate of drug-likeness (QED) is 0.192. The third-order valence-corrected chi connectivity index (χ3v) is 7.23. The van der Waals surface area contributed by atoms with Crippen LogP contribution in [0.15, 0.2) is 88.7 Å². The zero-order chi connectivity index (χ0) is 24.8. The van der Waals surface area contributed by atoms with Crippen LogP contribution < -0.4 is 0 Å². The van der Waals surface area contributed by atoms with Gasteiger partial charge in [-0.1, -0.05) is 66.7 Å². The van der Waals surface area contributed by atoms with Crippen molar-refractivity contribution in [2.75, 3.05) is 0 Å². The normalized spacial score (nSPS) is 11.9. The Balaban J connectivity index is 0.00000190.